The van der Waals surface area contributed by atoms with E-state index in [0.717, 1.165) is 41.3 Å². The zero-order valence-corrected chi connectivity index (χ0v) is 17.8. The Bertz CT molecular complexity index is 778. The molecule has 0 amide bonds. The van der Waals surface area contributed by atoms with E-state index in [9.17, 15) is 19.2 Å². The van der Waals surface area contributed by atoms with Crippen LogP contribution in [0.5, 0.6) is 0 Å². The van der Waals surface area contributed by atoms with E-state index in [1.165, 1.54) is 18.2 Å². The molecule has 1 aliphatic rings. The summed E-state index contributed by atoms with van der Waals surface area (Å²) >= 11 is 0. The number of benzene rings is 1. The Hall–Kier alpha value is -3.50. The Labute approximate surface area is 179 Å². The average Bonchev–Trinajstić information content (AvgIpc) is 3.31. The lowest BCUT2D eigenvalue weighted by atomic mass is 9.89. The second-order valence-electron chi connectivity index (χ2n) is 6.59. The number of ether oxygens (including phenoxy) is 4. The molecule has 0 spiro atoms. The molecule has 0 bridgehead atoms. The quantitative estimate of drug-likeness (QED) is 0.258. The van der Waals surface area contributed by atoms with E-state index in [0.29, 0.717) is 13.1 Å². The predicted molar refractivity (Wildman–Crippen MR) is 105 cm³/mol. The molecule has 0 aromatic heterocycles. The number of carbonyl (C=O) groups is 4. The van der Waals surface area contributed by atoms with E-state index in [4.69, 9.17) is 18.9 Å². The molecule has 1 fully saturated rings. The van der Waals surface area contributed by atoms with Crippen molar-refractivity contribution in [1.29, 1.82) is 0 Å². The van der Waals surface area contributed by atoms with Crippen molar-refractivity contribution >= 4 is 29.6 Å². The van der Waals surface area contributed by atoms with E-state index in [-0.39, 0.29) is 16.8 Å². The molecule has 11 nitrogen and oxygen atoms in total. The summed E-state index contributed by atoms with van der Waals surface area (Å²) < 4.78 is 19.0. The molecular weight excluding hydrogens is 410 g/mol. The van der Waals surface area contributed by atoms with Gasteiger partial charge in [-0.15, -0.1) is 5.11 Å². The van der Waals surface area contributed by atoms with Crippen molar-refractivity contribution in [3.05, 3.63) is 29.3 Å². The van der Waals surface area contributed by atoms with Crippen LogP contribution >= 0.6 is 0 Å². The van der Waals surface area contributed by atoms with Crippen molar-refractivity contribution in [2.24, 2.45) is 10.3 Å². The third-order valence-corrected chi connectivity index (χ3v) is 4.82. The summed E-state index contributed by atoms with van der Waals surface area (Å²) in [5.41, 5.74) is 0.116. The maximum atomic E-state index is 12.4. The molecule has 0 N–H and O–H groups in total. The standard InChI is InChI=1S/C20H25N3O8/c1-28-17(24)14(18(25)29-2)12-8-7-9-13(15(19(26)30-3)20(27)31-4)16(12)21-22-23-10-5-6-11-23/h7-9,14-15H,5-6,10-11H2,1-4H3. The summed E-state index contributed by atoms with van der Waals surface area (Å²) in [6, 6.07) is 4.37. The lowest BCUT2D eigenvalue weighted by Crippen LogP contribution is -2.27. The Morgan fingerprint density at radius 1 is 0.774 bits per heavy atom. The number of esters is 4. The van der Waals surface area contributed by atoms with E-state index in [2.05, 4.69) is 10.3 Å². The lowest BCUT2D eigenvalue weighted by Gasteiger charge is -2.20. The Morgan fingerprint density at radius 3 is 1.52 bits per heavy atom. The molecule has 1 aliphatic heterocycles. The molecule has 0 atom stereocenters. The summed E-state index contributed by atoms with van der Waals surface area (Å²) in [4.78, 5) is 49.6. The predicted octanol–water partition coefficient (Wildman–Crippen LogP) is 1.64. The van der Waals surface area contributed by atoms with Crippen LogP contribution in [0.4, 0.5) is 5.69 Å². The smallest absolute Gasteiger partial charge is 0.324 e. The van der Waals surface area contributed by atoms with Crippen molar-refractivity contribution in [2.45, 2.75) is 24.7 Å². The van der Waals surface area contributed by atoms with Gasteiger partial charge in [0.2, 0.25) is 0 Å². The van der Waals surface area contributed by atoms with Gasteiger partial charge in [-0.2, -0.15) is 0 Å². The highest BCUT2D eigenvalue weighted by Gasteiger charge is 2.38. The van der Waals surface area contributed by atoms with Crippen LogP contribution in [0.15, 0.2) is 28.5 Å². The van der Waals surface area contributed by atoms with Gasteiger partial charge in [-0.25, -0.2) is 0 Å². The van der Waals surface area contributed by atoms with Gasteiger partial charge >= 0.3 is 23.9 Å². The van der Waals surface area contributed by atoms with Gasteiger partial charge in [0, 0.05) is 24.2 Å². The molecule has 31 heavy (non-hydrogen) atoms. The van der Waals surface area contributed by atoms with Gasteiger partial charge in [0.1, 0.15) is 0 Å². The van der Waals surface area contributed by atoms with Gasteiger partial charge in [0.25, 0.3) is 0 Å². The summed E-state index contributed by atoms with van der Waals surface area (Å²) in [6.07, 6.45) is 1.88. The minimum Gasteiger partial charge on any atom is -0.468 e. The SMILES string of the molecule is COC(=O)C(C(=O)OC)c1cccc(C(C(=O)OC)C(=O)OC)c1N=NN1CCCC1. The molecular formula is C20H25N3O8. The minimum atomic E-state index is -1.50. The number of nitrogens with zero attached hydrogens (tertiary/aromatic N) is 3. The fourth-order valence-electron chi connectivity index (χ4n) is 3.23. The van der Waals surface area contributed by atoms with E-state index in [1.54, 1.807) is 5.01 Å². The first-order valence-electron chi connectivity index (χ1n) is 9.50. The fourth-order valence-corrected chi connectivity index (χ4v) is 3.23. The summed E-state index contributed by atoms with van der Waals surface area (Å²) in [6.45, 7) is 1.35. The molecule has 1 aromatic rings. The van der Waals surface area contributed by atoms with Crippen LogP contribution in [0.25, 0.3) is 0 Å². The van der Waals surface area contributed by atoms with Crippen LogP contribution < -0.4 is 0 Å². The molecule has 168 valence electrons. The first kappa shape index (κ1) is 23.8. The first-order valence-corrected chi connectivity index (χ1v) is 9.50. The largest absolute Gasteiger partial charge is 0.468 e. The van der Waals surface area contributed by atoms with Crippen molar-refractivity contribution in [2.75, 3.05) is 41.5 Å². The number of methoxy groups -OCH3 is 4. The highest BCUT2D eigenvalue weighted by Crippen LogP contribution is 2.37. The van der Waals surface area contributed by atoms with Crippen LogP contribution in [0.2, 0.25) is 0 Å². The lowest BCUT2D eigenvalue weighted by molar-refractivity contribution is -0.155. The molecule has 2 rings (SSSR count). The zero-order valence-electron chi connectivity index (χ0n) is 17.8. The summed E-state index contributed by atoms with van der Waals surface area (Å²) in [5.74, 6) is -6.58. The first-order chi connectivity index (χ1) is 14.9. The normalized spacial score (nSPS) is 13.5. The van der Waals surface area contributed by atoms with Crippen molar-refractivity contribution in [3.8, 4) is 0 Å². The highest BCUT2D eigenvalue weighted by molar-refractivity contribution is 6.04. The zero-order chi connectivity index (χ0) is 23.0. The number of hydrogen-bond acceptors (Lipinski definition) is 10. The minimum absolute atomic E-state index is 0.0176. The maximum absolute atomic E-state index is 12.4. The average molecular weight is 435 g/mol. The topological polar surface area (TPSA) is 133 Å². The molecule has 11 heteroatoms. The van der Waals surface area contributed by atoms with Gasteiger partial charge < -0.3 is 18.9 Å². The Morgan fingerprint density at radius 2 is 1.16 bits per heavy atom. The fraction of sp³-hybridized carbons (Fsp3) is 0.500. The van der Waals surface area contributed by atoms with Crippen molar-refractivity contribution < 1.29 is 38.1 Å². The highest BCUT2D eigenvalue weighted by atomic mass is 16.5. The van der Waals surface area contributed by atoms with Gasteiger partial charge in [-0.1, -0.05) is 23.4 Å². The van der Waals surface area contributed by atoms with Gasteiger partial charge in [-0.3, -0.25) is 24.2 Å². The molecule has 1 saturated heterocycles. The molecule has 0 saturated carbocycles. The second-order valence-corrected chi connectivity index (χ2v) is 6.59. The van der Waals surface area contributed by atoms with Crippen LogP contribution in [-0.4, -0.2) is 70.4 Å². The summed E-state index contributed by atoms with van der Waals surface area (Å²) in [7, 11) is 4.50. The van der Waals surface area contributed by atoms with Gasteiger partial charge in [-0.05, 0) is 12.8 Å². The van der Waals surface area contributed by atoms with Crippen LogP contribution in [0, 0.1) is 0 Å². The van der Waals surface area contributed by atoms with E-state index >= 15 is 0 Å². The molecule has 1 heterocycles. The van der Waals surface area contributed by atoms with Crippen molar-refractivity contribution in [3.63, 3.8) is 0 Å². The van der Waals surface area contributed by atoms with Crippen LogP contribution in [0.3, 0.4) is 0 Å². The Kier molecular flexibility index (Phi) is 8.47. The number of rotatable bonds is 8. The number of hydrogen-bond donors (Lipinski definition) is 0. The maximum Gasteiger partial charge on any atom is 0.324 e. The third-order valence-electron chi connectivity index (χ3n) is 4.82. The van der Waals surface area contributed by atoms with Gasteiger partial charge in [0.15, 0.2) is 11.8 Å². The third kappa shape index (κ3) is 5.36. The Balaban J connectivity index is 2.73. The molecule has 0 unspecified atom stereocenters. The molecule has 0 aliphatic carbocycles. The molecule has 1 aromatic carbocycles. The second kappa shape index (κ2) is 11.0. The van der Waals surface area contributed by atoms with Gasteiger partial charge in [0.05, 0.1) is 34.1 Å². The van der Waals surface area contributed by atoms with Crippen LogP contribution in [0.1, 0.15) is 35.8 Å². The monoisotopic (exact) mass is 435 g/mol. The molecule has 0 radical (unpaired) electrons. The van der Waals surface area contributed by atoms with E-state index in [1.807, 2.05) is 0 Å². The number of carbonyl (C=O) groups excluding carboxylic acids is 4. The van der Waals surface area contributed by atoms with Crippen LogP contribution in [-0.2, 0) is 38.1 Å². The van der Waals surface area contributed by atoms with E-state index < -0.39 is 35.7 Å². The van der Waals surface area contributed by atoms with Crippen molar-refractivity contribution in [1.82, 2.24) is 5.01 Å². The summed E-state index contributed by atoms with van der Waals surface area (Å²) in [5, 5.41) is 10.1.